The highest BCUT2D eigenvalue weighted by Crippen LogP contribution is 2.37. The van der Waals surface area contributed by atoms with Crippen molar-refractivity contribution in [3.05, 3.63) is 0 Å². The number of likely N-dealkylation sites (N-methyl/N-ethyl adjacent to an activating group) is 2. The monoisotopic (exact) mass is 360 g/mol. The number of hydrogen-bond acceptors (Lipinski definition) is 4. The standard InChI is InChI=1S/C16H28N4O3.ClH/c1-4-12-5-7-16(8-6-12)14(22)20(15(23)18-16)11-13(21)19(3)10-9-17-2;/h12,17H,4-11H2,1-3H3,(H,18,23);1H. The molecule has 1 spiro atoms. The van der Waals surface area contributed by atoms with E-state index < -0.39 is 11.6 Å². The van der Waals surface area contributed by atoms with E-state index in [1.54, 1.807) is 7.05 Å². The summed E-state index contributed by atoms with van der Waals surface area (Å²) in [5, 5.41) is 5.82. The normalized spacial score (nSPS) is 26.3. The van der Waals surface area contributed by atoms with Gasteiger partial charge in [-0.05, 0) is 38.6 Å². The molecule has 1 saturated carbocycles. The molecule has 0 radical (unpaired) electrons. The second-order valence-corrected chi connectivity index (χ2v) is 6.67. The Morgan fingerprint density at radius 1 is 1.38 bits per heavy atom. The largest absolute Gasteiger partial charge is 0.343 e. The van der Waals surface area contributed by atoms with Gasteiger partial charge < -0.3 is 15.5 Å². The predicted molar refractivity (Wildman–Crippen MR) is 94.0 cm³/mol. The Bertz CT molecular complexity index is 478. The van der Waals surface area contributed by atoms with Gasteiger partial charge in [-0.3, -0.25) is 14.5 Å². The average Bonchev–Trinajstić information content (AvgIpc) is 2.77. The van der Waals surface area contributed by atoms with Gasteiger partial charge in [-0.2, -0.15) is 0 Å². The van der Waals surface area contributed by atoms with Crippen LogP contribution < -0.4 is 10.6 Å². The zero-order valence-electron chi connectivity index (χ0n) is 14.8. The zero-order valence-corrected chi connectivity index (χ0v) is 15.6. The Hall–Kier alpha value is -1.34. The third kappa shape index (κ3) is 4.19. The molecule has 0 atom stereocenters. The minimum Gasteiger partial charge on any atom is -0.343 e. The summed E-state index contributed by atoms with van der Waals surface area (Å²) in [6.45, 7) is 3.19. The molecule has 2 N–H and O–H groups in total. The first-order valence-corrected chi connectivity index (χ1v) is 8.46. The van der Waals surface area contributed by atoms with Crippen LogP contribution in [0.1, 0.15) is 39.0 Å². The molecule has 24 heavy (non-hydrogen) atoms. The van der Waals surface area contributed by atoms with Gasteiger partial charge in [0.2, 0.25) is 5.91 Å². The Morgan fingerprint density at radius 2 is 2.00 bits per heavy atom. The number of carbonyl (C=O) groups is 3. The molecule has 0 unspecified atom stereocenters. The molecule has 2 aliphatic rings. The molecule has 7 nitrogen and oxygen atoms in total. The van der Waals surface area contributed by atoms with Crippen molar-refractivity contribution in [2.24, 2.45) is 5.92 Å². The summed E-state index contributed by atoms with van der Waals surface area (Å²) in [7, 11) is 3.49. The molecule has 8 heteroatoms. The van der Waals surface area contributed by atoms with Gasteiger partial charge in [-0.1, -0.05) is 13.3 Å². The zero-order chi connectivity index (χ0) is 17.0. The Labute approximate surface area is 149 Å². The van der Waals surface area contributed by atoms with Crippen LogP contribution in [-0.2, 0) is 9.59 Å². The van der Waals surface area contributed by atoms with Crippen molar-refractivity contribution in [3.8, 4) is 0 Å². The first kappa shape index (κ1) is 20.7. The van der Waals surface area contributed by atoms with Gasteiger partial charge in [0.25, 0.3) is 5.91 Å². The van der Waals surface area contributed by atoms with Gasteiger partial charge in [0, 0.05) is 20.1 Å². The molecular weight excluding hydrogens is 332 g/mol. The molecule has 1 heterocycles. The quantitative estimate of drug-likeness (QED) is 0.692. The summed E-state index contributed by atoms with van der Waals surface area (Å²) in [6, 6.07) is -0.430. The van der Waals surface area contributed by atoms with Crippen molar-refractivity contribution >= 4 is 30.3 Å². The first-order valence-electron chi connectivity index (χ1n) is 8.46. The number of carbonyl (C=O) groups excluding carboxylic acids is 3. The second-order valence-electron chi connectivity index (χ2n) is 6.67. The van der Waals surface area contributed by atoms with Crippen molar-refractivity contribution in [2.75, 3.05) is 33.7 Å². The maximum Gasteiger partial charge on any atom is 0.325 e. The molecule has 2 fully saturated rings. The van der Waals surface area contributed by atoms with Crippen molar-refractivity contribution < 1.29 is 14.4 Å². The van der Waals surface area contributed by atoms with Crippen LogP contribution in [0, 0.1) is 5.92 Å². The van der Waals surface area contributed by atoms with Crippen LogP contribution in [0.2, 0.25) is 0 Å². The molecule has 2 rings (SSSR count). The number of nitrogens with zero attached hydrogens (tertiary/aromatic N) is 2. The molecule has 4 amide bonds. The smallest absolute Gasteiger partial charge is 0.325 e. The Kier molecular flexibility index (Phi) is 7.48. The number of imide groups is 1. The summed E-state index contributed by atoms with van der Waals surface area (Å²) >= 11 is 0. The third-order valence-corrected chi connectivity index (χ3v) is 5.20. The van der Waals surface area contributed by atoms with Crippen LogP contribution >= 0.6 is 12.4 Å². The molecule has 0 aromatic heterocycles. The summed E-state index contributed by atoms with van der Waals surface area (Å²) in [4.78, 5) is 39.7. The van der Waals surface area contributed by atoms with Crippen molar-refractivity contribution in [3.63, 3.8) is 0 Å². The lowest BCUT2D eigenvalue weighted by Gasteiger charge is -2.34. The third-order valence-electron chi connectivity index (χ3n) is 5.20. The minimum atomic E-state index is -0.771. The average molecular weight is 361 g/mol. The lowest BCUT2D eigenvalue weighted by molar-refractivity contribution is -0.139. The fraction of sp³-hybridized carbons (Fsp3) is 0.812. The molecule has 0 aromatic carbocycles. The summed E-state index contributed by atoms with van der Waals surface area (Å²) in [5.41, 5.74) is -0.771. The highest BCUT2D eigenvalue weighted by molar-refractivity contribution is 6.09. The van der Waals surface area contributed by atoms with E-state index >= 15 is 0 Å². The summed E-state index contributed by atoms with van der Waals surface area (Å²) in [5.74, 6) is 0.184. The van der Waals surface area contributed by atoms with Crippen LogP contribution in [0.3, 0.4) is 0 Å². The van der Waals surface area contributed by atoms with Gasteiger partial charge in [0.05, 0.1) is 0 Å². The number of halogens is 1. The van der Waals surface area contributed by atoms with Crippen LogP contribution in [0.4, 0.5) is 4.79 Å². The molecule has 0 bridgehead atoms. The van der Waals surface area contributed by atoms with E-state index in [4.69, 9.17) is 0 Å². The lowest BCUT2D eigenvalue weighted by Crippen LogP contribution is -2.50. The highest BCUT2D eigenvalue weighted by atomic mass is 35.5. The molecule has 138 valence electrons. The number of urea groups is 1. The van der Waals surface area contributed by atoms with Crippen molar-refractivity contribution in [1.82, 2.24) is 20.4 Å². The maximum absolute atomic E-state index is 12.7. The lowest BCUT2D eigenvalue weighted by atomic mass is 9.75. The topological polar surface area (TPSA) is 81.8 Å². The fourth-order valence-corrected chi connectivity index (χ4v) is 3.40. The van der Waals surface area contributed by atoms with Gasteiger partial charge in [-0.15, -0.1) is 12.4 Å². The van der Waals surface area contributed by atoms with E-state index in [2.05, 4.69) is 17.6 Å². The van der Waals surface area contributed by atoms with E-state index in [0.29, 0.717) is 31.8 Å². The number of amides is 4. The molecule has 1 saturated heterocycles. The van der Waals surface area contributed by atoms with E-state index in [9.17, 15) is 14.4 Å². The van der Waals surface area contributed by atoms with Gasteiger partial charge in [-0.25, -0.2) is 4.79 Å². The Morgan fingerprint density at radius 3 is 2.54 bits per heavy atom. The summed E-state index contributed by atoms with van der Waals surface area (Å²) < 4.78 is 0. The second kappa shape index (κ2) is 8.67. The molecule has 1 aliphatic heterocycles. The molecule has 1 aliphatic carbocycles. The number of rotatable bonds is 6. The van der Waals surface area contributed by atoms with E-state index in [1.165, 1.54) is 4.90 Å². The SMILES string of the molecule is CCC1CCC2(CC1)NC(=O)N(CC(=O)N(C)CCNC)C2=O.Cl. The first-order chi connectivity index (χ1) is 10.9. The van der Waals surface area contributed by atoms with Gasteiger partial charge >= 0.3 is 6.03 Å². The number of hydrogen-bond donors (Lipinski definition) is 2. The predicted octanol–water partition coefficient (Wildman–Crippen LogP) is 0.977. The fourth-order valence-electron chi connectivity index (χ4n) is 3.40. The number of nitrogens with one attached hydrogen (secondary N) is 2. The van der Waals surface area contributed by atoms with E-state index in [-0.39, 0.29) is 30.8 Å². The molecule has 0 aromatic rings. The van der Waals surface area contributed by atoms with Crippen molar-refractivity contribution in [2.45, 2.75) is 44.6 Å². The summed E-state index contributed by atoms with van der Waals surface area (Å²) in [6.07, 6.45) is 4.36. The van der Waals surface area contributed by atoms with Gasteiger partial charge in [0.15, 0.2) is 0 Å². The van der Waals surface area contributed by atoms with E-state index in [1.807, 2.05) is 7.05 Å². The molecular formula is C16H29ClN4O3. The van der Waals surface area contributed by atoms with Crippen LogP contribution in [0.15, 0.2) is 0 Å². The maximum atomic E-state index is 12.7. The van der Waals surface area contributed by atoms with Gasteiger partial charge in [0.1, 0.15) is 12.1 Å². The van der Waals surface area contributed by atoms with Crippen LogP contribution in [-0.4, -0.2) is 66.9 Å². The highest BCUT2D eigenvalue weighted by Gasteiger charge is 2.52. The van der Waals surface area contributed by atoms with Crippen molar-refractivity contribution in [1.29, 1.82) is 0 Å². The van der Waals surface area contributed by atoms with Crippen LogP contribution in [0.25, 0.3) is 0 Å². The minimum absolute atomic E-state index is 0. The van der Waals surface area contributed by atoms with E-state index in [0.717, 1.165) is 24.2 Å². The Balaban J connectivity index is 0.00000288. The van der Waals surface area contributed by atoms with Crippen LogP contribution in [0.5, 0.6) is 0 Å².